The molecule has 0 fully saturated rings. The fraction of sp³-hybridized carbons (Fsp3) is 0.227. The number of aryl methyl sites for hydroxylation is 1. The molecule has 0 N–H and O–H groups in total. The number of carbonyl (C=O) groups is 1. The van der Waals surface area contributed by atoms with E-state index in [1.54, 1.807) is 38.5 Å². The highest BCUT2D eigenvalue weighted by Gasteiger charge is 2.16. The van der Waals surface area contributed by atoms with Crippen LogP contribution in [0, 0.1) is 0 Å². The van der Waals surface area contributed by atoms with Gasteiger partial charge in [0.15, 0.2) is 16.3 Å². The average molecular weight is 424 g/mol. The molecule has 0 unspecified atom stereocenters. The van der Waals surface area contributed by atoms with Crippen LogP contribution >= 0.6 is 11.3 Å². The Kier molecular flexibility index (Phi) is 5.41. The molecule has 0 atom stereocenters. The van der Waals surface area contributed by atoms with Crippen LogP contribution in [0.1, 0.15) is 23.7 Å². The largest absolute Gasteiger partial charge is 0.493 e. The van der Waals surface area contributed by atoms with Crippen molar-refractivity contribution in [3.63, 3.8) is 0 Å². The third-order valence-electron chi connectivity index (χ3n) is 4.74. The summed E-state index contributed by atoms with van der Waals surface area (Å²) in [6, 6.07) is 10.5. The number of hydrogen-bond acceptors (Lipinski definition) is 6. The predicted octanol–water partition coefficient (Wildman–Crippen LogP) is 3.98. The fourth-order valence-electron chi connectivity index (χ4n) is 3.29. The summed E-state index contributed by atoms with van der Waals surface area (Å²) in [6.45, 7) is 2.70. The lowest BCUT2D eigenvalue weighted by Crippen LogP contribution is -2.20. The number of carbonyl (C=O) groups excluding carboxylic acids is 1. The molecule has 0 spiro atoms. The summed E-state index contributed by atoms with van der Waals surface area (Å²) in [4.78, 5) is 30.4. The molecule has 1 amide bonds. The van der Waals surface area contributed by atoms with Gasteiger partial charge in [0.2, 0.25) is 5.43 Å². The number of thiazole rings is 1. The number of amides is 1. The summed E-state index contributed by atoms with van der Waals surface area (Å²) >= 11 is 1.35. The molecular formula is C22H20N2O5S. The highest BCUT2D eigenvalue weighted by molar-refractivity contribution is 7.16. The Hall–Kier alpha value is -3.39. The van der Waals surface area contributed by atoms with E-state index >= 15 is 0 Å². The molecule has 154 valence electrons. The van der Waals surface area contributed by atoms with Crippen LogP contribution < -0.4 is 19.7 Å². The van der Waals surface area contributed by atoms with Crippen molar-refractivity contribution in [2.75, 3.05) is 14.2 Å². The number of ether oxygens (including phenoxy) is 2. The second-order valence-electron chi connectivity index (χ2n) is 6.60. The van der Waals surface area contributed by atoms with Crippen molar-refractivity contribution in [3.05, 3.63) is 63.2 Å². The molecule has 0 aliphatic carbocycles. The van der Waals surface area contributed by atoms with Gasteiger partial charge in [0.25, 0.3) is 5.91 Å². The van der Waals surface area contributed by atoms with E-state index < -0.39 is 11.3 Å². The van der Waals surface area contributed by atoms with Crippen LogP contribution in [0.4, 0.5) is 0 Å². The summed E-state index contributed by atoms with van der Waals surface area (Å²) in [7, 11) is 3.15. The first kappa shape index (κ1) is 19.9. The fourth-order valence-corrected chi connectivity index (χ4v) is 4.36. The van der Waals surface area contributed by atoms with Crippen molar-refractivity contribution in [2.24, 2.45) is 4.99 Å². The lowest BCUT2D eigenvalue weighted by molar-refractivity contribution is 0.0995. The van der Waals surface area contributed by atoms with E-state index in [9.17, 15) is 9.59 Å². The number of hydrogen-bond donors (Lipinski definition) is 0. The van der Waals surface area contributed by atoms with Gasteiger partial charge in [0.1, 0.15) is 17.4 Å². The zero-order chi connectivity index (χ0) is 21.3. The summed E-state index contributed by atoms with van der Waals surface area (Å²) in [6.07, 6.45) is 2.03. The van der Waals surface area contributed by atoms with Crippen molar-refractivity contribution in [3.8, 4) is 11.5 Å². The van der Waals surface area contributed by atoms with Crippen LogP contribution in [0.15, 0.2) is 56.9 Å². The minimum absolute atomic E-state index is 0.0932. The second kappa shape index (κ2) is 8.16. The maximum Gasteiger partial charge on any atom is 0.286 e. The lowest BCUT2D eigenvalue weighted by atomic mass is 10.2. The van der Waals surface area contributed by atoms with Gasteiger partial charge in [-0.25, -0.2) is 0 Å². The number of nitrogens with zero attached hydrogens (tertiary/aromatic N) is 2. The van der Waals surface area contributed by atoms with Crippen molar-refractivity contribution in [2.45, 2.75) is 19.9 Å². The lowest BCUT2D eigenvalue weighted by Gasteiger charge is -2.08. The number of rotatable bonds is 5. The Labute approximate surface area is 175 Å². The molecule has 8 heteroatoms. The summed E-state index contributed by atoms with van der Waals surface area (Å²) in [5.74, 6) is 0.563. The van der Waals surface area contributed by atoms with Crippen LogP contribution in [0.3, 0.4) is 0 Å². The smallest absolute Gasteiger partial charge is 0.286 e. The number of para-hydroxylation sites is 1. The monoisotopic (exact) mass is 424 g/mol. The van der Waals surface area contributed by atoms with E-state index in [0.29, 0.717) is 33.8 Å². The number of fused-ring (bicyclic) bond motifs is 2. The predicted molar refractivity (Wildman–Crippen MR) is 116 cm³/mol. The molecule has 4 aromatic rings. The van der Waals surface area contributed by atoms with E-state index in [1.807, 2.05) is 23.6 Å². The molecule has 30 heavy (non-hydrogen) atoms. The summed E-state index contributed by atoms with van der Waals surface area (Å²) in [5, 5.41) is 0.353. The standard InChI is InChI=1S/C22H20N2O5S/c1-4-9-24-15-10-17(27-2)18(28-3)11-19(15)30-22(24)23-21(26)14-12-29-16-8-6-5-7-13(16)20(14)25/h5-8,10-12H,4,9H2,1-3H3. The van der Waals surface area contributed by atoms with Crippen LogP contribution in [0.5, 0.6) is 11.5 Å². The van der Waals surface area contributed by atoms with Crippen molar-refractivity contribution in [1.29, 1.82) is 0 Å². The highest BCUT2D eigenvalue weighted by Crippen LogP contribution is 2.33. The Morgan fingerprint density at radius 3 is 2.63 bits per heavy atom. The Morgan fingerprint density at radius 2 is 1.90 bits per heavy atom. The average Bonchev–Trinajstić information content (AvgIpc) is 3.09. The maximum atomic E-state index is 12.9. The summed E-state index contributed by atoms with van der Waals surface area (Å²) < 4.78 is 19.1. The second-order valence-corrected chi connectivity index (χ2v) is 7.61. The van der Waals surface area contributed by atoms with Gasteiger partial charge in [-0.2, -0.15) is 4.99 Å². The molecule has 2 heterocycles. The number of aromatic nitrogens is 1. The zero-order valence-corrected chi connectivity index (χ0v) is 17.6. The molecule has 2 aromatic carbocycles. The van der Waals surface area contributed by atoms with Gasteiger partial charge in [-0.15, -0.1) is 0 Å². The molecule has 4 rings (SSSR count). The summed E-state index contributed by atoms with van der Waals surface area (Å²) in [5.41, 5.74) is 0.833. The molecule has 0 saturated carbocycles. The molecule has 0 aliphatic heterocycles. The maximum absolute atomic E-state index is 12.9. The van der Waals surface area contributed by atoms with Crippen LogP contribution in [0.25, 0.3) is 21.2 Å². The van der Waals surface area contributed by atoms with E-state index in [4.69, 9.17) is 13.9 Å². The van der Waals surface area contributed by atoms with Gasteiger partial charge >= 0.3 is 0 Å². The Morgan fingerprint density at radius 1 is 1.17 bits per heavy atom. The van der Waals surface area contributed by atoms with Crippen molar-refractivity contribution >= 4 is 38.4 Å². The highest BCUT2D eigenvalue weighted by atomic mass is 32.1. The molecule has 0 aliphatic rings. The van der Waals surface area contributed by atoms with Gasteiger partial charge < -0.3 is 18.5 Å². The van der Waals surface area contributed by atoms with E-state index in [-0.39, 0.29) is 5.56 Å². The first-order valence-electron chi connectivity index (χ1n) is 9.42. The SMILES string of the molecule is CCCn1c(=NC(=O)c2coc3ccccc3c2=O)sc2cc(OC)c(OC)cc21. The van der Waals surface area contributed by atoms with Gasteiger partial charge in [-0.3, -0.25) is 9.59 Å². The first-order valence-corrected chi connectivity index (χ1v) is 10.2. The molecule has 7 nitrogen and oxygen atoms in total. The number of benzene rings is 2. The van der Waals surface area contributed by atoms with Gasteiger partial charge in [0.05, 0.1) is 29.8 Å². The van der Waals surface area contributed by atoms with Crippen molar-refractivity contribution in [1.82, 2.24) is 4.57 Å². The molecular weight excluding hydrogens is 404 g/mol. The normalized spacial score (nSPS) is 11.9. The molecule has 0 bridgehead atoms. The molecule has 2 aromatic heterocycles. The number of methoxy groups -OCH3 is 2. The van der Waals surface area contributed by atoms with Gasteiger partial charge in [-0.05, 0) is 18.6 Å². The third kappa shape index (κ3) is 3.39. The van der Waals surface area contributed by atoms with Crippen LogP contribution in [0.2, 0.25) is 0 Å². The van der Waals surface area contributed by atoms with E-state index in [0.717, 1.165) is 16.6 Å². The van der Waals surface area contributed by atoms with Gasteiger partial charge in [0, 0.05) is 18.7 Å². The Balaban J connectivity index is 1.89. The minimum atomic E-state index is -0.634. The Bertz CT molecular complexity index is 1380. The van der Waals surface area contributed by atoms with Gasteiger partial charge in [-0.1, -0.05) is 30.4 Å². The molecule has 0 radical (unpaired) electrons. The zero-order valence-electron chi connectivity index (χ0n) is 16.8. The van der Waals surface area contributed by atoms with E-state index in [1.165, 1.54) is 17.6 Å². The van der Waals surface area contributed by atoms with Crippen LogP contribution in [-0.4, -0.2) is 24.7 Å². The van der Waals surface area contributed by atoms with Crippen molar-refractivity contribution < 1.29 is 18.7 Å². The quantitative estimate of drug-likeness (QED) is 0.484. The van der Waals surface area contributed by atoms with Crippen LogP contribution in [-0.2, 0) is 6.54 Å². The van der Waals surface area contributed by atoms with E-state index in [2.05, 4.69) is 4.99 Å². The molecule has 0 saturated heterocycles. The topological polar surface area (TPSA) is 83.0 Å². The minimum Gasteiger partial charge on any atom is -0.493 e. The first-order chi connectivity index (χ1) is 14.6. The third-order valence-corrected chi connectivity index (χ3v) is 5.78.